The van der Waals surface area contributed by atoms with E-state index in [0.29, 0.717) is 5.92 Å². The molecule has 0 aliphatic carbocycles. The summed E-state index contributed by atoms with van der Waals surface area (Å²) in [5, 5.41) is 16.8. The summed E-state index contributed by atoms with van der Waals surface area (Å²) in [6.07, 6.45) is 0. The van der Waals surface area contributed by atoms with Gasteiger partial charge in [-0.3, -0.25) is 4.79 Å². The first-order chi connectivity index (χ1) is 14.6. The summed E-state index contributed by atoms with van der Waals surface area (Å²) in [6, 6.07) is 16.2. The molecule has 0 aliphatic rings. The maximum atomic E-state index is 12.6. The van der Waals surface area contributed by atoms with Crippen LogP contribution < -0.4 is 5.32 Å². The van der Waals surface area contributed by atoms with Crippen LogP contribution in [0.25, 0.3) is 22.2 Å². The van der Waals surface area contributed by atoms with Crippen molar-refractivity contribution in [1.82, 2.24) is 14.8 Å². The largest absolute Gasteiger partial charge is 0.325 e. The topological polar surface area (TPSA) is 59.8 Å². The molecule has 30 heavy (non-hydrogen) atoms. The van der Waals surface area contributed by atoms with Crippen molar-refractivity contribution in [3.8, 4) is 11.4 Å². The molecule has 154 valence electrons. The first-order valence-corrected chi connectivity index (χ1v) is 11.9. The van der Waals surface area contributed by atoms with Gasteiger partial charge in [0.05, 0.1) is 5.75 Å². The van der Waals surface area contributed by atoms with E-state index in [9.17, 15) is 4.79 Å². The van der Waals surface area contributed by atoms with Crippen molar-refractivity contribution in [2.75, 3.05) is 11.1 Å². The molecular weight excluding hydrogens is 412 g/mol. The van der Waals surface area contributed by atoms with E-state index in [1.165, 1.54) is 16.6 Å². The molecule has 0 atom stereocenters. The number of hydrogen-bond donors (Lipinski definition) is 1. The molecule has 0 saturated heterocycles. The van der Waals surface area contributed by atoms with Crippen LogP contribution in [0.3, 0.4) is 0 Å². The number of anilines is 1. The molecule has 2 aromatic heterocycles. The summed E-state index contributed by atoms with van der Waals surface area (Å²) in [7, 11) is 0. The average molecular weight is 437 g/mol. The van der Waals surface area contributed by atoms with Gasteiger partial charge in [0.15, 0.2) is 11.0 Å². The van der Waals surface area contributed by atoms with Crippen molar-refractivity contribution in [1.29, 1.82) is 0 Å². The van der Waals surface area contributed by atoms with Gasteiger partial charge < -0.3 is 9.88 Å². The lowest BCUT2D eigenvalue weighted by Crippen LogP contribution is -2.15. The maximum absolute atomic E-state index is 12.6. The number of fused-ring (bicyclic) bond motifs is 1. The van der Waals surface area contributed by atoms with Gasteiger partial charge in [0.1, 0.15) is 0 Å². The SMILES string of the molecule is CCn1c(SCC(=O)Nc2cccc3ccccc23)nnc1-c1csc(C(C)C)c1. The molecule has 0 aliphatic heterocycles. The number of nitrogens with one attached hydrogen (secondary N) is 1. The Kier molecular flexibility index (Phi) is 6.20. The Bertz CT molecular complexity index is 1170. The molecule has 7 heteroatoms. The van der Waals surface area contributed by atoms with Crippen LogP contribution in [0.15, 0.2) is 59.1 Å². The first kappa shape index (κ1) is 20.6. The molecule has 0 unspecified atom stereocenters. The van der Waals surface area contributed by atoms with Crippen LogP contribution in [0, 0.1) is 0 Å². The van der Waals surface area contributed by atoms with E-state index in [2.05, 4.69) is 52.3 Å². The van der Waals surface area contributed by atoms with Crippen LogP contribution in [-0.4, -0.2) is 26.4 Å². The molecule has 1 amide bonds. The zero-order chi connectivity index (χ0) is 21.1. The summed E-state index contributed by atoms with van der Waals surface area (Å²) in [5.41, 5.74) is 1.92. The Balaban J connectivity index is 1.47. The summed E-state index contributed by atoms with van der Waals surface area (Å²) in [4.78, 5) is 13.9. The van der Waals surface area contributed by atoms with Gasteiger partial charge in [-0.05, 0) is 30.4 Å². The number of hydrogen-bond acceptors (Lipinski definition) is 5. The van der Waals surface area contributed by atoms with Crippen LogP contribution in [0.1, 0.15) is 31.6 Å². The van der Waals surface area contributed by atoms with Crippen molar-refractivity contribution in [3.63, 3.8) is 0 Å². The number of aromatic nitrogens is 3. The van der Waals surface area contributed by atoms with Crippen molar-refractivity contribution in [2.24, 2.45) is 0 Å². The number of benzene rings is 2. The highest BCUT2D eigenvalue weighted by molar-refractivity contribution is 7.99. The fourth-order valence-electron chi connectivity index (χ4n) is 3.32. The molecule has 0 radical (unpaired) electrons. The summed E-state index contributed by atoms with van der Waals surface area (Å²) >= 11 is 3.16. The lowest BCUT2D eigenvalue weighted by Gasteiger charge is -2.09. The number of rotatable bonds is 7. The fourth-order valence-corrected chi connectivity index (χ4v) is 5.02. The third-order valence-electron chi connectivity index (χ3n) is 4.88. The Morgan fingerprint density at radius 1 is 1.17 bits per heavy atom. The maximum Gasteiger partial charge on any atom is 0.234 e. The molecule has 0 saturated carbocycles. The second-order valence-electron chi connectivity index (χ2n) is 7.31. The van der Waals surface area contributed by atoms with Crippen molar-refractivity contribution in [3.05, 3.63) is 58.8 Å². The number of thioether (sulfide) groups is 1. The Morgan fingerprint density at radius 2 is 1.97 bits per heavy atom. The van der Waals surface area contributed by atoms with Gasteiger partial charge in [-0.15, -0.1) is 21.5 Å². The van der Waals surface area contributed by atoms with Crippen LogP contribution in [0.2, 0.25) is 0 Å². The minimum absolute atomic E-state index is 0.0545. The lowest BCUT2D eigenvalue weighted by atomic mass is 10.1. The Morgan fingerprint density at radius 3 is 2.73 bits per heavy atom. The smallest absolute Gasteiger partial charge is 0.234 e. The highest BCUT2D eigenvalue weighted by Gasteiger charge is 2.17. The second-order valence-corrected chi connectivity index (χ2v) is 9.19. The molecule has 4 aromatic rings. The van der Waals surface area contributed by atoms with Gasteiger partial charge in [0, 0.05) is 33.4 Å². The number of nitrogens with zero attached hydrogens (tertiary/aromatic N) is 3. The fraction of sp³-hybridized carbons (Fsp3) is 0.261. The van der Waals surface area contributed by atoms with E-state index in [1.54, 1.807) is 11.3 Å². The summed E-state index contributed by atoms with van der Waals surface area (Å²) < 4.78 is 2.07. The van der Waals surface area contributed by atoms with E-state index >= 15 is 0 Å². The van der Waals surface area contributed by atoms with Gasteiger partial charge in [0.25, 0.3) is 0 Å². The monoisotopic (exact) mass is 436 g/mol. The highest BCUT2D eigenvalue weighted by atomic mass is 32.2. The van der Waals surface area contributed by atoms with Crippen molar-refractivity contribution < 1.29 is 4.79 Å². The van der Waals surface area contributed by atoms with Crippen LogP contribution in [0.4, 0.5) is 5.69 Å². The van der Waals surface area contributed by atoms with E-state index in [4.69, 9.17) is 0 Å². The quantitative estimate of drug-likeness (QED) is 0.359. The standard InChI is InChI=1S/C23H24N4OS2/c1-4-27-22(17-12-20(15(2)3)29-13-17)25-26-23(27)30-14-21(28)24-19-11-7-9-16-8-5-6-10-18(16)19/h5-13,15H,4,14H2,1-3H3,(H,24,28). The molecule has 2 aromatic carbocycles. The van der Waals surface area contributed by atoms with Crippen LogP contribution in [0.5, 0.6) is 0 Å². The second kappa shape index (κ2) is 9.02. The normalized spacial score (nSPS) is 11.3. The Hall–Kier alpha value is -2.64. The van der Waals surface area contributed by atoms with E-state index in [1.807, 2.05) is 42.5 Å². The first-order valence-electron chi connectivity index (χ1n) is 9.99. The van der Waals surface area contributed by atoms with Crippen molar-refractivity contribution >= 4 is 45.5 Å². The molecule has 4 rings (SSSR count). The minimum atomic E-state index is -0.0545. The number of carbonyl (C=O) groups excluding carboxylic acids is 1. The molecule has 0 fully saturated rings. The van der Waals surface area contributed by atoms with Gasteiger partial charge in [-0.25, -0.2) is 0 Å². The minimum Gasteiger partial charge on any atom is -0.325 e. The predicted octanol–water partition coefficient (Wildman–Crippen LogP) is 6.03. The zero-order valence-corrected chi connectivity index (χ0v) is 18.9. The summed E-state index contributed by atoms with van der Waals surface area (Å²) in [6.45, 7) is 7.21. The van der Waals surface area contributed by atoms with Gasteiger partial charge in [-0.1, -0.05) is 62.0 Å². The zero-order valence-electron chi connectivity index (χ0n) is 17.3. The molecule has 0 bridgehead atoms. The number of amides is 1. The van der Waals surface area contributed by atoms with Gasteiger partial charge in [-0.2, -0.15) is 0 Å². The van der Waals surface area contributed by atoms with E-state index in [0.717, 1.165) is 39.5 Å². The van der Waals surface area contributed by atoms with Crippen LogP contribution in [-0.2, 0) is 11.3 Å². The third-order valence-corrected chi connectivity index (χ3v) is 7.08. The lowest BCUT2D eigenvalue weighted by molar-refractivity contribution is -0.113. The van der Waals surface area contributed by atoms with Gasteiger partial charge >= 0.3 is 0 Å². The summed E-state index contributed by atoms with van der Waals surface area (Å²) in [5.74, 6) is 1.58. The molecule has 2 heterocycles. The predicted molar refractivity (Wildman–Crippen MR) is 126 cm³/mol. The average Bonchev–Trinajstić information content (AvgIpc) is 3.39. The van der Waals surface area contributed by atoms with Crippen LogP contribution >= 0.6 is 23.1 Å². The number of thiophene rings is 1. The third kappa shape index (κ3) is 4.27. The molecular formula is C23H24N4OS2. The highest BCUT2D eigenvalue weighted by Crippen LogP contribution is 2.31. The van der Waals surface area contributed by atoms with Crippen molar-refractivity contribution in [2.45, 2.75) is 38.4 Å². The molecule has 5 nitrogen and oxygen atoms in total. The molecule has 0 spiro atoms. The van der Waals surface area contributed by atoms with E-state index < -0.39 is 0 Å². The van der Waals surface area contributed by atoms with Gasteiger partial charge in [0.2, 0.25) is 5.91 Å². The van der Waals surface area contributed by atoms with E-state index in [-0.39, 0.29) is 11.7 Å². The Labute approximate surface area is 184 Å². The molecule has 1 N–H and O–H groups in total. The number of carbonyl (C=O) groups is 1.